The normalized spacial score (nSPS) is 14.5. The lowest BCUT2D eigenvalue weighted by molar-refractivity contribution is 0.0134. The van der Waals surface area contributed by atoms with Crippen LogP contribution in [-0.2, 0) is 11.3 Å². The first-order valence-corrected chi connectivity index (χ1v) is 12.5. The fraction of sp³-hybridized carbons (Fsp3) is 0.464. The zero-order valence-corrected chi connectivity index (χ0v) is 20.4. The number of aryl methyl sites for hydroxylation is 1. The van der Waals surface area contributed by atoms with E-state index in [1.807, 2.05) is 72.3 Å². The number of hydrogen-bond acceptors (Lipinski definition) is 5. The molecule has 1 aliphatic rings. The standard InChI is InChI=1S/C28H37N3O3/c1-3-4-17-33-21-25(32)19-30(18-23-15-16-23)20-27-22(2)29-31(24-11-7-5-8-12-24)28(27)34-26-13-9-6-10-14-26/h5-14,23,25,32H,3-4,15-21H2,1-2H3. The molecule has 0 amide bonds. The summed E-state index contributed by atoms with van der Waals surface area (Å²) in [4.78, 5) is 2.34. The minimum absolute atomic E-state index is 0.372. The summed E-state index contributed by atoms with van der Waals surface area (Å²) in [5, 5.41) is 15.5. The lowest BCUT2D eigenvalue weighted by Crippen LogP contribution is -2.36. The van der Waals surface area contributed by atoms with E-state index in [-0.39, 0.29) is 0 Å². The van der Waals surface area contributed by atoms with Crippen LogP contribution in [-0.4, -0.2) is 52.2 Å². The van der Waals surface area contributed by atoms with Crippen LogP contribution in [0, 0.1) is 12.8 Å². The summed E-state index contributed by atoms with van der Waals surface area (Å²) < 4.78 is 14.0. The Morgan fingerprint density at radius 2 is 1.79 bits per heavy atom. The molecule has 0 bridgehead atoms. The summed E-state index contributed by atoms with van der Waals surface area (Å²) in [7, 11) is 0. The van der Waals surface area contributed by atoms with Gasteiger partial charge < -0.3 is 14.6 Å². The highest BCUT2D eigenvalue weighted by atomic mass is 16.5. The van der Waals surface area contributed by atoms with Crippen molar-refractivity contribution in [2.75, 3.05) is 26.3 Å². The van der Waals surface area contributed by atoms with Crippen LogP contribution < -0.4 is 4.74 Å². The molecule has 0 spiro atoms. The molecule has 1 aromatic heterocycles. The summed E-state index contributed by atoms with van der Waals surface area (Å²) in [6, 6.07) is 19.9. The number of aliphatic hydroxyl groups is 1. The van der Waals surface area contributed by atoms with E-state index in [2.05, 4.69) is 11.8 Å². The highest BCUT2D eigenvalue weighted by Gasteiger charge is 2.28. The first kappa shape index (κ1) is 24.5. The second-order valence-electron chi connectivity index (χ2n) is 9.25. The van der Waals surface area contributed by atoms with Crippen molar-refractivity contribution in [3.63, 3.8) is 0 Å². The SMILES string of the molecule is CCCCOCC(O)CN(Cc1c(C)nn(-c2ccccc2)c1Oc1ccccc1)CC1CC1. The van der Waals surface area contributed by atoms with E-state index in [4.69, 9.17) is 14.6 Å². The number of hydrogen-bond donors (Lipinski definition) is 1. The first-order valence-electron chi connectivity index (χ1n) is 12.5. The summed E-state index contributed by atoms with van der Waals surface area (Å²) in [6.45, 7) is 7.46. The van der Waals surface area contributed by atoms with Crippen LogP contribution in [0.2, 0.25) is 0 Å². The van der Waals surface area contributed by atoms with Gasteiger partial charge in [-0.25, -0.2) is 4.68 Å². The molecule has 1 atom stereocenters. The Labute approximate surface area is 203 Å². The number of ether oxygens (including phenoxy) is 2. The summed E-state index contributed by atoms with van der Waals surface area (Å²) in [5.41, 5.74) is 2.94. The van der Waals surface area contributed by atoms with Crippen LogP contribution in [0.4, 0.5) is 0 Å². The molecular weight excluding hydrogens is 426 g/mol. The Bertz CT molecular complexity index is 1000. The maximum atomic E-state index is 10.7. The van der Waals surface area contributed by atoms with Gasteiger partial charge in [-0.05, 0) is 56.4 Å². The van der Waals surface area contributed by atoms with Gasteiger partial charge in [0.05, 0.1) is 29.7 Å². The third-order valence-corrected chi connectivity index (χ3v) is 6.11. The van der Waals surface area contributed by atoms with Gasteiger partial charge in [0, 0.05) is 26.2 Å². The van der Waals surface area contributed by atoms with Gasteiger partial charge in [-0.3, -0.25) is 4.90 Å². The molecule has 4 rings (SSSR count). The molecule has 0 radical (unpaired) electrons. The van der Waals surface area contributed by atoms with Crippen LogP contribution in [0.3, 0.4) is 0 Å². The Kier molecular flexibility index (Phi) is 8.74. The molecule has 1 saturated carbocycles. The molecule has 6 heteroatoms. The van der Waals surface area contributed by atoms with E-state index in [0.29, 0.717) is 32.2 Å². The average molecular weight is 464 g/mol. The molecule has 1 aliphatic carbocycles. The van der Waals surface area contributed by atoms with Gasteiger partial charge in [0.25, 0.3) is 0 Å². The van der Waals surface area contributed by atoms with E-state index in [1.54, 1.807) is 0 Å². The third kappa shape index (κ3) is 6.92. The van der Waals surface area contributed by atoms with Crippen molar-refractivity contribution < 1.29 is 14.6 Å². The molecule has 34 heavy (non-hydrogen) atoms. The number of para-hydroxylation sites is 2. The quantitative estimate of drug-likeness (QED) is 0.326. The van der Waals surface area contributed by atoms with Crippen molar-refractivity contribution in [2.24, 2.45) is 5.92 Å². The third-order valence-electron chi connectivity index (χ3n) is 6.11. The maximum Gasteiger partial charge on any atom is 0.227 e. The largest absolute Gasteiger partial charge is 0.439 e. The van der Waals surface area contributed by atoms with E-state index in [9.17, 15) is 5.11 Å². The zero-order chi connectivity index (χ0) is 23.8. The van der Waals surface area contributed by atoms with Crippen LogP contribution in [0.25, 0.3) is 5.69 Å². The van der Waals surface area contributed by atoms with E-state index in [0.717, 1.165) is 48.0 Å². The number of nitrogens with zero attached hydrogens (tertiary/aromatic N) is 3. The molecule has 1 N–H and O–H groups in total. The average Bonchev–Trinajstić information content (AvgIpc) is 3.62. The second kappa shape index (κ2) is 12.2. The predicted molar refractivity (Wildman–Crippen MR) is 135 cm³/mol. The second-order valence-corrected chi connectivity index (χ2v) is 9.25. The molecule has 1 heterocycles. The van der Waals surface area contributed by atoms with Crippen LogP contribution in [0.1, 0.15) is 43.9 Å². The van der Waals surface area contributed by atoms with E-state index in [1.165, 1.54) is 12.8 Å². The molecule has 1 unspecified atom stereocenters. The highest BCUT2D eigenvalue weighted by Crippen LogP contribution is 2.34. The number of aliphatic hydroxyl groups excluding tert-OH is 1. The molecule has 3 aromatic rings. The lowest BCUT2D eigenvalue weighted by atomic mass is 10.2. The predicted octanol–water partition coefficient (Wildman–Crippen LogP) is 5.36. The van der Waals surface area contributed by atoms with Crippen molar-refractivity contribution in [1.82, 2.24) is 14.7 Å². The van der Waals surface area contributed by atoms with Crippen LogP contribution in [0.15, 0.2) is 60.7 Å². The van der Waals surface area contributed by atoms with Gasteiger partial charge in [0.15, 0.2) is 0 Å². The van der Waals surface area contributed by atoms with E-state index >= 15 is 0 Å². The van der Waals surface area contributed by atoms with Crippen molar-refractivity contribution in [3.8, 4) is 17.3 Å². The first-order chi connectivity index (χ1) is 16.6. The Morgan fingerprint density at radius 1 is 1.09 bits per heavy atom. The molecule has 6 nitrogen and oxygen atoms in total. The van der Waals surface area contributed by atoms with Gasteiger partial charge in [0.1, 0.15) is 5.75 Å². The zero-order valence-electron chi connectivity index (χ0n) is 20.4. The monoisotopic (exact) mass is 463 g/mol. The maximum absolute atomic E-state index is 10.7. The molecule has 182 valence electrons. The highest BCUT2D eigenvalue weighted by molar-refractivity contribution is 5.43. The van der Waals surface area contributed by atoms with Gasteiger partial charge in [-0.1, -0.05) is 49.7 Å². The Hall–Kier alpha value is -2.67. The summed E-state index contributed by atoms with van der Waals surface area (Å²) >= 11 is 0. The van der Waals surface area contributed by atoms with Crippen LogP contribution in [0.5, 0.6) is 11.6 Å². The molecule has 2 aromatic carbocycles. The minimum atomic E-state index is -0.515. The van der Waals surface area contributed by atoms with Crippen LogP contribution >= 0.6 is 0 Å². The number of unbranched alkanes of at least 4 members (excludes halogenated alkanes) is 1. The minimum Gasteiger partial charge on any atom is -0.439 e. The fourth-order valence-electron chi connectivity index (χ4n) is 4.08. The lowest BCUT2D eigenvalue weighted by Gasteiger charge is -2.25. The topological polar surface area (TPSA) is 59.8 Å². The smallest absolute Gasteiger partial charge is 0.227 e. The van der Waals surface area contributed by atoms with Gasteiger partial charge in [-0.15, -0.1) is 0 Å². The van der Waals surface area contributed by atoms with Crippen molar-refractivity contribution in [3.05, 3.63) is 71.9 Å². The van der Waals surface area contributed by atoms with Gasteiger partial charge in [0.2, 0.25) is 5.88 Å². The Morgan fingerprint density at radius 3 is 2.47 bits per heavy atom. The molecule has 1 fully saturated rings. The number of benzene rings is 2. The fourth-order valence-corrected chi connectivity index (χ4v) is 4.08. The van der Waals surface area contributed by atoms with Gasteiger partial charge >= 0.3 is 0 Å². The van der Waals surface area contributed by atoms with Gasteiger partial charge in [-0.2, -0.15) is 5.10 Å². The van der Waals surface area contributed by atoms with Crippen molar-refractivity contribution >= 4 is 0 Å². The molecule has 0 saturated heterocycles. The molecular formula is C28H37N3O3. The van der Waals surface area contributed by atoms with E-state index < -0.39 is 6.10 Å². The Balaban J connectivity index is 1.57. The van der Waals surface area contributed by atoms with Crippen molar-refractivity contribution in [2.45, 2.75) is 52.2 Å². The molecule has 0 aliphatic heterocycles. The number of rotatable bonds is 14. The van der Waals surface area contributed by atoms with Crippen molar-refractivity contribution in [1.29, 1.82) is 0 Å². The summed E-state index contributed by atoms with van der Waals surface area (Å²) in [5.74, 6) is 2.21. The summed E-state index contributed by atoms with van der Waals surface area (Å²) in [6.07, 6.45) is 4.12. The number of aromatic nitrogens is 2.